The molecule has 1 aromatic carbocycles. The number of nitrogens with one attached hydrogen (secondary N) is 2. The fourth-order valence-corrected chi connectivity index (χ4v) is 9.09. The van der Waals surface area contributed by atoms with E-state index in [0.29, 0.717) is 63.3 Å². The van der Waals surface area contributed by atoms with E-state index in [2.05, 4.69) is 45.3 Å². The van der Waals surface area contributed by atoms with Crippen molar-refractivity contribution in [3.05, 3.63) is 35.4 Å². The standard InChI is InChI=1S/C43H66N4O6S/c1-10-29(5)38-41(51)47-19-11-12-35(47)42(52)53-36(43(7,8)9)21-27(3)20-28(4)22-37-45-33(25-54-37)17-18-34(48)24-32(23-31-15-13-26(2)14-16-31)40(50)44-30(6)39(49)46-38/h13-16,27-30,32-33,35-36,38H,10-12,17-25H2,1-9H3,(H,44,50)(H,46,49)/t27-,28-,29-,30-,32+,33+,35-,36-,38-/m0/s1. The highest BCUT2D eigenvalue weighted by atomic mass is 32.2. The molecule has 300 valence electrons. The number of benzene rings is 1. The van der Waals surface area contributed by atoms with Crippen LogP contribution in [0.25, 0.3) is 0 Å². The molecule has 1 fully saturated rings. The Bertz CT molecular complexity index is 1510. The van der Waals surface area contributed by atoms with Gasteiger partial charge in [0.1, 0.15) is 30.0 Å². The second-order valence-corrected chi connectivity index (χ2v) is 18.7. The van der Waals surface area contributed by atoms with E-state index in [-0.39, 0.29) is 47.5 Å². The molecule has 0 unspecified atom stereocenters. The molecule has 2 N–H and O–H groups in total. The molecular weight excluding hydrogens is 701 g/mol. The number of amides is 3. The van der Waals surface area contributed by atoms with Gasteiger partial charge < -0.3 is 20.3 Å². The van der Waals surface area contributed by atoms with E-state index >= 15 is 0 Å². The summed E-state index contributed by atoms with van der Waals surface area (Å²) < 4.78 is 6.30. The number of cyclic esters (lactones) is 1. The minimum Gasteiger partial charge on any atom is -0.460 e. The summed E-state index contributed by atoms with van der Waals surface area (Å²) in [5.74, 6) is -0.911. The Labute approximate surface area is 328 Å². The maximum atomic E-state index is 14.2. The summed E-state index contributed by atoms with van der Waals surface area (Å²) in [5, 5.41) is 6.92. The average Bonchev–Trinajstić information content (AvgIpc) is 3.78. The number of esters is 1. The molecule has 1 saturated heterocycles. The van der Waals surface area contributed by atoms with Crippen molar-refractivity contribution in [1.29, 1.82) is 0 Å². The van der Waals surface area contributed by atoms with Crippen LogP contribution in [0.15, 0.2) is 29.3 Å². The van der Waals surface area contributed by atoms with Crippen LogP contribution in [0.3, 0.4) is 0 Å². The van der Waals surface area contributed by atoms with Crippen molar-refractivity contribution in [2.45, 2.75) is 157 Å². The third-order valence-electron chi connectivity index (χ3n) is 11.5. The van der Waals surface area contributed by atoms with Gasteiger partial charge in [0.15, 0.2) is 0 Å². The molecule has 9 atom stereocenters. The number of aliphatic imine (C=N–C) groups is 1. The molecule has 3 heterocycles. The first-order chi connectivity index (χ1) is 25.4. The number of aryl methyl sites for hydroxylation is 1. The number of hydrogen-bond donors (Lipinski definition) is 2. The normalized spacial score (nSPS) is 31.0. The van der Waals surface area contributed by atoms with Crippen LogP contribution in [0.1, 0.15) is 124 Å². The van der Waals surface area contributed by atoms with Gasteiger partial charge in [-0.1, -0.05) is 84.7 Å². The third kappa shape index (κ3) is 12.4. The number of carbonyl (C=O) groups excluding carboxylic acids is 5. The molecule has 11 heteroatoms. The Morgan fingerprint density at radius 3 is 2.31 bits per heavy atom. The highest BCUT2D eigenvalue weighted by Crippen LogP contribution is 2.34. The van der Waals surface area contributed by atoms with Gasteiger partial charge in [-0.05, 0) is 87.5 Å². The van der Waals surface area contributed by atoms with Crippen molar-refractivity contribution in [2.24, 2.45) is 34.1 Å². The lowest BCUT2D eigenvalue weighted by Gasteiger charge is -2.36. The van der Waals surface area contributed by atoms with Crippen LogP contribution in [-0.2, 0) is 35.1 Å². The quantitative estimate of drug-likeness (QED) is 0.321. The summed E-state index contributed by atoms with van der Waals surface area (Å²) in [5.41, 5.74) is 1.74. The maximum absolute atomic E-state index is 14.2. The van der Waals surface area contributed by atoms with Crippen molar-refractivity contribution >= 4 is 46.3 Å². The van der Waals surface area contributed by atoms with E-state index in [1.54, 1.807) is 23.6 Å². The molecule has 3 aliphatic heterocycles. The molecule has 0 radical (unpaired) electrons. The van der Waals surface area contributed by atoms with E-state index in [4.69, 9.17) is 9.73 Å². The van der Waals surface area contributed by atoms with Crippen LogP contribution in [0.2, 0.25) is 0 Å². The topological polar surface area (TPSA) is 134 Å². The molecule has 0 aromatic heterocycles. The average molecular weight is 767 g/mol. The molecular formula is C43H66N4O6S. The number of nitrogens with zero attached hydrogens (tertiary/aromatic N) is 2. The van der Waals surface area contributed by atoms with Crippen molar-refractivity contribution in [3.8, 4) is 0 Å². The fourth-order valence-electron chi connectivity index (χ4n) is 7.84. The highest BCUT2D eigenvalue weighted by Gasteiger charge is 2.42. The van der Waals surface area contributed by atoms with Gasteiger partial charge in [0.25, 0.3) is 0 Å². The predicted octanol–water partition coefficient (Wildman–Crippen LogP) is 6.85. The lowest BCUT2D eigenvalue weighted by Crippen LogP contribution is -2.57. The molecule has 4 rings (SSSR count). The van der Waals surface area contributed by atoms with Crippen LogP contribution in [0, 0.1) is 36.0 Å². The van der Waals surface area contributed by atoms with Gasteiger partial charge in [0.2, 0.25) is 17.7 Å². The molecule has 0 spiro atoms. The van der Waals surface area contributed by atoms with Gasteiger partial charge >= 0.3 is 5.97 Å². The number of Topliss-reactive ketones (excluding diaryl/α,β-unsaturated/α-hetero) is 1. The zero-order chi connectivity index (χ0) is 39.7. The van der Waals surface area contributed by atoms with Crippen molar-refractivity contribution in [3.63, 3.8) is 0 Å². The summed E-state index contributed by atoms with van der Waals surface area (Å²) in [4.78, 5) is 75.7. The Kier molecular flexibility index (Phi) is 15.8. The number of fused-ring (bicyclic) bond motifs is 2. The summed E-state index contributed by atoms with van der Waals surface area (Å²) in [7, 11) is 0. The second kappa shape index (κ2) is 19.6. The minimum absolute atomic E-state index is 0.00787. The minimum atomic E-state index is -0.957. The van der Waals surface area contributed by atoms with Gasteiger partial charge in [-0.2, -0.15) is 0 Å². The summed E-state index contributed by atoms with van der Waals surface area (Å²) in [6.45, 7) is 18.6. The number of rotatable bonds is 4. The van der Waals surface area contributed by atoms with Gasteiger partial charge in [-0.3, -0.25) is 24.2 Å². The SMILES string of the molecule is CC[C@H](C)[C@@H]1NC(=O)[C@H](C)NC(=O)[C@H](Cc2ccc(C)cc2)CC(=O)CC[C@@H]2CSC(=N2)C[C@@H](C)C[C@H](C)C[C@@H](C(C)(C)C)OC(=O)[C@@H]2CCCN2C1=O. The molecule has 3 aliphatic rings. The Hall–Kier alpha value is -3.21. The monoisotopic (exact) mass is 766 g/mol. The number of ketones is 1. The van der Waals surface area contributed by atoms with Crippen LogP contribution >= 0.6 is 11.8 Å². The Morgan fingerprint density at radius 1 is 0.944 bits per heavy atom. The van der Waals surface area contributed by atoms with Crippen LogP contribution in [0.5, 0.6) is 0 Å². The van der Waals surface area contributed by atoms with Crippen molar-refractivity contribution in [1.82, 2.24) is 15.5 Å². The summed E-state index contributed by atoms with van der Waals surface area (Å²) in [6.07, 6.45) is 5.41. The molecule has 1 aromatic rings. The molecule has 2 bridgehead atoms. The van der Waals surface area contributed by atoms with Crippen molar-refractivity contribution in [2.75, 3.05) is 12.3 Å². The summed E-state index contributed by atoms with van der Waals surface area (Å²) in [6, 6.07) is 5.42. The lowest BCUT2D eigenvalue weighted by molar-refractivity contribution is -0.164. The Morgan fingerprint density at radius 2 is 1.65 bits per heavy atom. The van der Waals surface area contributed by atoms with Gasteiger partial charge in [0, 0.05) is 31.1 Å². The number of thioether (sulfide) groups is 1. The fraction of sp³-hybridized carbons (Fsp3) is 0.721. The first-order valence-electron chi connectivity index (χ1n) is 20.3. The van der Waals surface area contributed by atoms with E-state index in [0.717, 1.165) is 34.8 Å². The van der Waals surface area contributed by atoms with Gasteiger partial charge in [-0.25, -0.2) is 4.79 Å². The smallest absolute Gasteiger partial charge is 0.329 e. The number of carbonyl (C=O) groups is 5. The number of hydrogen-bond acceptors (Lipinski definition) is 8. The maximum Gasteiger partial charge on any atom is 0.329 e. The van der Waals surface area contributed by atoms with Crippen LogP contribution in [0.4, 0.5) is 0 Å². The van der Waals surface area contributed by atoms with E-state index in [1.807, 2.05) is 45.0 Å². The molecule has 10 nitrogen and oxygen atoms in total. The molecule has 54 heavy (non-hydrogen) atoms. The molecule has 3 amide bonds. The van der Waals surface area contributed by atoms with Crippen LogP contribution < -0.4 is 10.6 Å². The third-order valence-corrected chi connectivity index (χ3v) is 12.6. The lowest BCUT2D eigenvalue weighted by atomic mass is 9.81. The zero-order valence-electron chi connectivity index (χ0n) is 34.2. The Balaban J connectivity index is 1.61. The van der Waals surface area contributed by atoms with E-state index in [1.165, 1.54) is 0 Å². The van der Waals surface area contributed by atoms with Crippen molar-refractivity contribution < 1.29 is 28.7 Å². The van der Waals surface area contributed by atoms with Crippen LogP contribution in [-0.4, -0.2) is 82.0 Å². The predicted molar refractivity (Wildman–Crippen MR) is 216 cm³/mol. The second-order valence-electron chi connectivity index (χ2n) is 17.6. The van der Waals surface area contributed by atoms with Gasteiger partial charge in [-0.15, -0.1) is 11.8 Å². The largest absolute Gasteiger partial charge is 0.460 e. The van der Waals surface area contributed by atoms with Gasteiger partial charge in [0.05, 0.1) is 11.1 Å². The molecule has 0 saturated carbocycles. The first kappa shape index (κ1) is 43.5. The number of ether oxygens (including phenoxy) is 1. The van der Waals surface area contributed by atoms with E-state index < -0.39 is 35.9 Å². The van der Waals surface area contributed by atoms with E-state index in [9.17, 15) is 24.0 Å². The summed E-state index contributed by atoms with van der Waals surface area (Å²) >= 11 is 1.78. The zero-order valence-corrected chi connectivity index (χ0v) is 35.1. The first-order valence-corrected chi connectivity index (χ1v) is 21.3. The highest BCUT2D eigenvalue weighted by molar-refractivity contribution is 8.14. The molecule has 0 aliphatic carbocycles.